The van der Waals surface area contributed by atoms with Crippen molar-refractivity contribution >= 4 is 21.7 Å². The van der Waals surface area contributed by atoms with Gasteiger partial charge in [0.15, 0.2) is 9.84 Å². The van der Waals surface area contributed by atoms with Gasteiger partial charge in [-0.25, -0.2) is 8.42 Å². The zero-order valence-electron chi connectivity index (χ0n) is 13.0. The number of carboxylic acids is 1. The van der Waals surface area contributed by atoms with Crippen molar-refractivity contribution < 1.29 is 23.1 Å². The van der Waals surface area contributed by atoms with Gasteiger partial charge in [-0.15, -0.1) is 0 Å². The molecule has 1 amide bonds. The highest BCUT2D eigenvalue weighted by atomic mass is 32.2. The largest absolute Gasteiger partial charge is 0.481 e. The predicted octanol–water partition coefficient (Wildman–Crippen LogP) is 2.00. The van der Waals surface area contributed by atoms with Crippen LogP contribution in [0.25, 0.3) is 0 Å². The summed E-state index contributed by atoms with van der Waals surface area (Å²) in [7, 11) is -3.33. The van der Waals surface area contributed by atoms with E-state index >= 15 is 0 Å². The fourth-order valence-corrected chi connectivity index (χ4v) is 4.66. The number of hydrogen-bond acceptors (Lipinski definition) is 4. The standard InChI is InChI=1S/C16H21NO5S/c1-11(10-15(18)19)17-16(20)12-6-8-14(9-7-12)23(21,22)13-4-2-3-5-13/h6-9,11,13H,2-5,10H2,1H3,(H,17,20)(H,18,19). The smallest absolute Gasteiger partial charge is 0.305 e. The number of nitrogens with one attached hydrogen (secondary N) is 1. The molecule has 1 aliphatic rings. The van der Waals surface area contributed by atoms with E-state index in [-0.39, 0.29) is 16.6 Å². The fraction of sp³-hybridized carbons (Fsp3) is 0.500. The van der Waals surface area contributed by atoms with E-state index in [0.29, 0.717) is 18.4 Å². The van der Waals surface area contributed by atoms with Gasteiger partial charge < -0.3 is 10.4 Å². The average Bonchev–Trinajstić information content (AvgIpc) is 3.01. The number of aliphatic carboxylic acids is 1. The molecule has 2 N–H and O–H groups in total. The summed E-state index contributed by atoms with van der Waals surface area (Å²) in [6.07, 6.45) is 3.09. The molecule has 1 unspecified atom stereocenters. The molecule has 0 saturated heterocycles. The summed E-state index contributed by atoms with van der Waals surface area (Å²) < 4.78 is 24.9. The lowest BCUT2D eigenvalue weighted by Crippen LogP contribution is -2.34. The third kappa shape index (κ3) is 4.31. The minimum atomic E-state index is -3.33. The number of amides is 1. The van der Waals surface area contributed by atoms with E-state index in [1.54, 1.807) is 6.92 Å². The van der Waals surface area contributed by atoms with E-state index < -0.39 is 27.8 Å². The Balaban J connectivity index is 2.07. The second-order valence-electron chi connectivity index (χ2n) is 5.95. The average molecular weight is 339 g/mol. The van der Waals surface area contributed by atoms with Gasteiger partial charge in [0.1, 0.15) is 0 Å². The highest BCUT2D eigenvalue weighted by Crippen LogP contribution is 2.29. The molecule has 1 aromatic carbocycles. The van der Waals surface area contributed by atoms with Gasteiger partial charge in [0.05, 0.1) is 16.6 Å². The maximum atomic E-state index is 12.4. The Kier molecular flexibility index (Phi) is 5.41. The molecule has 0 spiro atoms. The Morgan fingerprint density at radius 1 is 1.22 bits per heavy atom. The van der Waals surface area contributed by atoms with E-state index in [0.717, 1.165) is 12.8 Å². The molecular weight excluding hydrogens is 318 g/mol. The molecule has 7 heteroatoms. The lowest BCUT2D eigenvalue weighted by Gasteiger charge is -2.13. The second-order valence-corrected chi connectivity index (χ2v) is 8.18. The topological polar surface area (TPSA) is 101 Å². The first-order chi connectivity index (χ1) is 10.8. The minimum Gasteiger partial charge on any atom is -0.481 e. The molecular formula is C16H21NO5S. The second kappa shape index (κ2) is 7.12. The molecule has 0 heterocycles. The summed E-state index contributed by atoms with van der Waals surface area (Å²) >= 11 is 0. The number of sulfone groups is 1. The number of hydrogen-bond donors (Lipinski definition) is 2. The number of carbonyl (C=O) groups excluding carboxylic acids is 1. The van der Waals surface area contributed by atoms with Gasteiger partial charge in [-0.3, -0.25) is 9.59 Å². The van der Waals surface area contributed by atoms with Crippen LogP contribution >= 0.6 is 0 Å². The van der Waals surface area contributed by atoms with E-state index in [9.17, 15) is 18.0 Å². The number of carboxylic acid groups (broad SMARTS) is 1. The summed E-state index contributed by atoms with van der Waals surface area (Å²) in [4.78, 5) is 22.8. The normalized spacial score (nSPS) is 16.9. The van der Waals surface area contributed by atoms with Crippen LogP contribution in [0.2, 0.25) is 0 Å². The SMILES string of the molecule is CC(CC(=O)O)NC(=O)c1ccc(S(=O)(=O)C2CCCC2)cc1. The zero-order chi connectivity index (χ0) is 17.0. The first kappa shape index (κ1) is 17.5. The Hall–Kier alpha value is -1.89. The van der Waals surface area contributed by atoms with Gasteiger partial charge in [-0.1, -0.05) is 12.8 Å². The van der Waals surface area contributed by atoms with E-state index in [2.05, 4.69) is 5.32 Å². The van der Waals surface area contributed by atoms with Gasteiger partial charge in [0, 0.05) is 11.6 Å². The Morgan fingerprint density at radius 2 is 1.78 bits per heavy atom. The Labute approximate surface area is 135 Å². The van der Waals surface area contributed by atoms with E-state index in [1.807, 2.05) is 0 Å². The highest BCUT2D eigenvalue weighted by Gasteiger charge is 2.30. The first-order valence-electron chi connectivity index (χ1n) is 7.67. The van der Waals surface area contributed by atoms with Crippen molar-refractivity contribution in [3.05, 3.63) is 29.8 Å². The van der Waals surface area contributed by atoms with Crippen LogP contribution in [0.1, 0.15) is 49.4 Å². The van der Waals surface area contributed by atoms with Crippen LogP contribution in [0.5, 0.6) is 0 Å². The van der Waals surface area contributed by atoms with Gasteiger partial charge in [-0.05, 0) is 44.0 Å². The van der Waals surface area contributed by atoms with Crippen molar-refractivity contribution in [1.82, 2.24) is 5.32 Å². The molecule has 1 fully saturated rings. The maximum Gasteiger partial charge on any atom is 0.305 e. The van der Waals surface area contributed by atoms with Crippen LogP contribution in [0.3, 0.4) is 0 Å². The summed E-state index contributed by atoms with van der Waals surface area (Å²) in [5, 5.41) is 10.9. The molecule has 0 aliphatic heterocycles. The van der Waals surface area contributed by atoms with E-state index in [4.69, 9.17) is 5.11 Å². The van der Waals surface area contributed by atoms with Gasteiger partial charge in [0.25, 0.3) is 5.91 Å². The highest BCUT2D eigenvalue weighted by molar-refractivity contribution is 7.92. The molecule has 1 saturated carbocycles. The predicted molar refractivity (Wildman–Crippen MR) is 85.1 cm³/mol. The summed E-state index contributed by atoms with van der Waals surface area (Å²) in [5.41, 5.74) is 0.313. The molecule has 6 nitrogen and oxygen atoms in total. The van der Waals surface area contributed by atoms with E-state index in [1.165, 1.54) is 24.3 Å². The molecule has 1 aromatic rings. The molecule has 2 rings (SSSR count). The quantitative estimate of drug-likeness (QED) is 0.825. The maximum absolute atomic E-state index is 12.4. The lowest BCUT2D eigenvalue weighted by molar-refractivity contribution is -0.137. The van der Waals surface area contributed by atoms with Crippen LogP contribution in [0, 0.1) is 0 Å². The molecule has 0 bridgehead atoms. The Bertz CT molecular complexity index is 675. The zero-order valence-corrected chi connectivity index (χ0v) is 13.8. The molecule has 0 aromatic heterocycles. The van der Waals surface area contributed by atoms with Crippen LogP contribution in [-0.4, -0.2) is 36.7 Å². The number of benzene rings is 1. The van der Waals surface area contributed by atoms with Crippen LogP contribution in [0.4, 0.5) is 0 Å². The lowest BCUT2D eigenvalue weighted by atomic mass is 10.2. The minimum absolute atomic E-state index is 0.167. The van der Waals surface area contributed by atoms with Crippen molar-refractivity contribution in [2.24, 2.45) is 0 Å². The first-order valence-corrected chi connectivity index (χ1v) is 9.22. The van der Waals surface area contributed by atoms with Crippen molar-refractivity contribution in [3.8, 4) is 0 Å². The summed E-state index contributed by atoms with van der Waals surface area (Å²) in [5.74, 6) is -1.40. The number of carbonyl (C=O) groups is 2. The van der Waals surface area contributed by atoms with Crippen molar-refractivity contribution in [2.75, 3.05) is 0 Å². The van der Waals surface area contributed by atoms with Gasteiger partial charge in [-0.2, -0.15) is 0 Å². The third-order valence-corrected chi connectivity index (χ3v) is 6.32. The molecule has 126 valence electrons. The number of rotatable bonds is 6. The van der Waals surface area contributed by atoms with Gasteiger partial charge in [0.2, 0.25) is 0 Å². The monoisotopic (exact) mass is 339 g/mol. The van der Waals surface area contributed by atoms with Crippen LogP contribution in [-0.2, 0) is 14.6 Å². The summed E-state index contributed by atoms with van der Waals surface area (Å²) in [6, 6.07) is 5.33. The van der Waals surface area contributed by atoms with Crippen LogP contribution in [0.15, 0.2) is 29.2 Å². The molecule has 23 heavy (non-hydrogen) atoms. The third-order valence-electron chi connectivity index (χ3n) is 4.04. The molecule has 0 radical (unpaired) electrons. The van der Waals surface area contributed by atoms with Crippen molar-refractivity contribution in [3.63, 3.8) is 0 Å². The van der Waals surface area contributed by atoms with Crippen molar-refractivity contribution in [2.45, 2.75) is 55.2 Å². The fourth-order valence-electron chi connectivity index (χ4n) is 2.81. The molecule has 1 atom stereocenters. The Morgan fingerprint density at radius 3 is 2.30 bits per heavy atom. The van der Waals surface area contributed by atoms with Gasteiger partial charge >= 0.3 is 5.97 Å². The van der Waals surface area contributed by atoms with Crippen molar-refractivity contribution in [1.29, 1.82) is 0 Å². The summed E-state index contributed by atoms with van der Waals surface area (Å²) in [6.45, 7) is 1.60. The van der Waals surface area contributed by atoms with Crippen LogP contribution < -0.4 is 5.32 Å². The molecule has 1 aliphatic carbocycles.